The summed E-state index contributed by atoms with van der Waals surface area (Å²) in [5, 5.41) is 2.07. The normalized spacial score (nSPS) is 12.0. The lowest BCUT2D eigenvalue weighted by Gasteiger charge is -2.15. The van der Waals surface area contributed by atoms with Crippen LogP contribution in [0.3, 0.4) is 0 Å². The van der Waals surface area contributed by atoms with Crippen molar-refractivity contribution < 1.29 is 4.79 Å². The molecule has 1 nitrogen and oxygen atoms in total. The van der Waals surface area contributed by atoms with Gasteiger partial charge in [-0.25, -0.2) is 0 Å². The minimum absolute atomic E-state index is 0.138. The summed E-state index contributed by atoms with van der Waals surface area (Å²) in [6, 6.07) is 24.0. The molecule has 1 atom stereocenters. The molecule has 0 aliphatic rings. The largest absolute Gasteiger partial charge is 0.294 e. The molecular weight excluding hydrogens is 276 g/mol. The van der Waals surface area contributed by atoms with Crippen LogP contribution < -0.4 is 0 Å². The lowest BCUT2D eigenvalue weighted by molar-refractivity contribution is 0.0978. The van der Waals surface area contributed by atoms with E-state index in [1.54, 1.807) is 11.3 Å². The molecule has 1 heterocycles. The number of thiophene rings is 1. The van der Waals surface area contributed by atoms with Crippen molar-refractivity contribution in [3.8, 4) is 0 Å². The Labute approximate surface area is 128 Å². The highest BCUT2D eigenvalue weighted by Crippen LogP contribution is 2.32. The Morgan fingerprint density at radius 3 is 2.14 bits per heavy atom. The van der Waals surface area contributed by atoms with Crippen LogP contribution in [0.25, 0.3) is 0 Å². The van der Waals surface area contributed by atoms with Crippen LogP contribution in [0.4, 0.5) is 0 Å². The van der Waals surface area contributed by atoms with Gasteiger partial charge in [0.05, 0.1) is 0 Å². The van der Waals surface area contributed by atoms with E-state index >= 15 is 0 Å². The van der Waals surface area contributed by atoms with E-state index in [1.165, 1.54) is 10.4 Å². The number of Topliss-reactive ketones (excluding diaryl/α,β-unsaturated/α-hetero) is 1. The number of ketones is 1. The third-order valence-corrected chi connectivity index (χ3v) is 4.56. The number of rotatable bonds is 5. The van der Waals surface area contributed by atoms with Gasteiger partial charge in [-0.2, -0.15) is 0 Å². The molecule has 0 spiro atoms. The minimum Gasteiger partial charge on any atom is -0.294 e. The van der Waals surface area contributed by atoms with Gasteiger partial charge >= 0.3 is 0 Å². The molecule has 0 N–H and O–H groups in total. The van der Waals surface area contributed by atoms with Crippen molar-refractivity contribution in [2.45, 2.75) is 12.3 Å². The highest BCUT2D eigenvalue weighted by molar-refractivity contribution is 7.10. The molecule has 1 aromatic heterocycles. The quantitative estimate of drug-likeness (QED) is 0.594. The first-order valence-electron chi connectivity index (χ1n) is 7.01. The standard InChI is InChI=1S/C19H16OS/c20-18(16-10-5-2-6-11-16)14-17(19-12-7-13-21-19)15-8-3-1-4-9-15/h1-13,17H,14H2/t17-/m1/s1. The SMILES string of the molecule is O=C(C[C@H](c1ccccc1)c1cccs1)c1ccccc1. The molecule has 0 aliphatic carbocycles. The molecule has 104 valence electrons. The third kappa shape index (κ3) is 3.29. The Kier molecular flexibility index (Phi) is 4.27. The van der Waals surface area contributed by atoms with Crippen LogP contribution in [0.1, 0.15) is 33.1 Å². The molecular formula is C19H16OS. The molecule has 0 unspecified atom stereocenters. The van der Waals surface area contributed by atoms with Gasteiger partial charge in [0.25, 0.3) is 0 Å². The van der Waals surface area contributed by atoms with Gasteiger partial charge in [-0.15, -0.1) is 11.3 Å². The monoisotopic (exact) mass is 292 g/mol. The van der Waals surface area contributed by atoms with E-state index in [1.807, 2.05) is 54.6 Å². The Balaban J connectivity index is 1.89. The van der Waals surface area contributed by atoms with Crippen LogP contribution in [-0.4, -0.2) is 5.78 Å². The predicted molar refractivity (Wildman–Crippen MR) is 88.0 cm³/mol. The summed E-state index contributed by atoms with van der Waals surface area (Å²) in [5.74, 6) is 0.330. The average molecular weight is 292 g/mol. The van der Waals surface area contributed by atoms with E-state index in [-0.39, 0.29) is 11.7 Å². The van der Waals surface area contributed by atoms with Gasteiger partial charge < -0.3 is 0 Å². The fourth-order valence-corrected chi connectivity index (χ4v) is 3.34. The molecule has 2 heteroatoms. The average Bonchev–Trinajstić information content (AvgIpc) is 3.08. The lowest BCUT2D eigenvalue weighted by atomic mass is 9.90. The van der Waals surface area contributed by atoms with E-state index < -0.39 is 0 Å². The highest BCUT2D eigenvalue weighted by atomic mass is 32.1. The van der Waals surface area contributed by atoms with E-state index in [4.69, 9.17) is 0 Å². The maximum absolute atomic E-state index is 12.5. The molecule has 0 radical (unpaired) electrons. The zero-order valence-electron chi connectivity index (χ0n) is 11.6. The van der Waals surface area contributed by atoms with Crippen LogP contribution in [0.5, 0.6) is 0 Å². The summed E-state index contributed by atoms with van der Waals surface area (Å²) >= 11 is 1.71. The number of hydrogen-bond donors (Lipinski definition) is 0. The van der Waals surface area contributed by atoms with Gasteiger partial charge in [-0.3, -0.25) is 4.79 Å². The molecule has 0 fully saturated rings. The van der Waals surface area contributed by atoms with Gasteiger partial charge in [0.2, 0.25) is 0 Å². The van der Waals surface area contributed by atoms with Crippen LogP contribution in [0, 0.1) is 0 Å². The van der Waals surface area contributed by atoms with Crippen LogP contribution >= 0.6 is 11.3 Å². The number of benzene rings is 2. The molecule has 21 heavy (non-hydrogen) atoms. The molecule has 0 bridgehead atoms. The smallest absolute Gasteiger partial charge is 0.163 e. The zero-order chi connectivity index (χ0) is 14.5. The number of carbonyl (C=O) groups excluding carboxylic acids is 1. The van der Waals surface area contributed by atoms with Crippen LogP contribution in [0.15, 0.2) is 78.2 Å². The van der Waals surface area contributed by atoms with Crippen molar-refractivity contribution in [1.29, 1.82) is 0 Å². The predicted octanol–water partition coefficient (Wildman–Crippen LogP) is 5.15. The van der Waals surface area contributed by atoms with E-state index in [9.17, 15) is 4.79 Å². The number of hydrogen-bond acceptors (Lipinski definition) is 2. The molecule has 3 rings (SSSR count). The second-order valence-corrected chi connectivity index (χ2v) is 5.95. The Hall–Kier alpha value is -2.19. The maximum Gasteiger partial charge on any atom is 0.163 e. The fraction of sp³-hybridized carbons (Fsp3) is 0.105. The van der Waals surface area contributed by atoms with Gasteiger partial charge in [0.1, 0.15) is 0 Å². The Morgan fingerprint density at radius 1 is 0.857 bits per heavy atom. The van der Waals surface area contributed by atoms with Crippen LogP contribution in [-0.2, 0) is 0 Å². The van der Waals surface area contributed by atoms with Gasteiger partial charge in [0, 0.05) is 22.8 Å². The Bertz CT molecular complexity index is 687. The van der Waals surface area contributed by atoms with Gasteiger partial charge in [-0.1, -0.05) is 66.7 Å². The minimum atomic E-state index is 0.138. The first-order valence-corrected chi connectivity index (χ1v) is 7.89. The van der Waals surface area contributed by atoms with Gasteiger partial charge in [0.15, 0.2) is 5.78 Å². The topological polar surface area (TPSA) is 17.1 Å². The maximum atomic E-state index is 12.5. The third-order valence-electron chi connectivity index (χ3n) is 3.57. The summed E-state index contributed by atoms with van der Waals surface area (Å²) in [6.45, 7) is 0. The lowest BCUT2D eigenvalue weighted by Crippen LogP contribution is -2.08. The van der Waals surface area contributed by atoms with Crippen molar-refractivity contribution in [1.82, 2.24) is 0 Å². The molecule has 2 aromatic carbocycles. The zero-order valence-corrected chi connectivity index (χ0v) is 12.4. The first-order chi connectivity index (χ1) is 10.3. The number of carbonyl (C=O) groups is 1. The molecule has 0 saturated heterocycles. The van der Waals surface area contributed by atoms with Crippen molar-refractivity contribution in [2.24, 2.45) is 0 Å². The van der Waals surface area contributed by atoms with Crippen molar-refractivity contribution in [3.05, 3.63) is 94.2 Å². The summed E-state index contributed by atoms with van der Waals surface area (Å²) in [4.78, 5) is 13.8. The molecule has 0 aliphatic heterocycles. The van der Waals surface area contributed by atoms with Crippen molar-refractivity contribution in [2.75, 3.05) is 0 Å². The highest BCUT2D eigenvalue weighted by Gasteiger charge is 2.19. The summed E-state index contributed by atoms with van der Waals surface area (Å²) in [5.41, 5.74) is 1.99. The Morgan fingerprint density at radius 2 is 1.52 bits per heavy atom. The second-order valence-electron chi connectivity index (χ2n) is 4.97. The van der Waals surface area contributed by atoms with Gasteiger partial charge in [-0.05, 0) is 17.0 Å². The molecule has 3 aromatic rings. The summed E-state index contributed by atoms with van der Waals surface area (Å²) in [6.07, 6.45) is 0.508. The van der Waals surface area contributed by atoms with Crippen molar-refractivity contribution in [3.63, 3.8) is 0 Å². The molecule has 0 saturated carbocycles. The summed E-state index contributed by atoms with van der Waals surface area (Å²) < 4.78 is 0. The van der Waals surface area contributed by atoms with Crippen LogP contribution in [0.2, 0.25) is 0 Å². The van der Waals surface area contributed by atoms with E-state index in [0.29, 0.717) is 6.42 Å². The molecule has 0 amide bonds. The fourth-order valence-electron chi connectivity index (χ4n) is 2.48. The van der Waals surface area contributed by atoms with E-state index in [0.717, 1.165) is 5.56 Å². The van der Waals surface area contributed by atoms with E-state index in [2.05, 4.69) is 23.6 Å². The first kappa shape index (κ1) is 13.8. The second kappa shape index (κ2) is 6.51. The van der Waals surface area contributed by atoms with Crippen molar-refractivity contribution >= 4 is 17.1 Å². The summed E-state index contributed by atoms with van der Waals surface area (Å²) in [7, 11) is 0.